The van der Waals surface area contributed by atoms with E-state index in [9.17, 15) is 8.42 Å². The fourth-order valence-electron chi connectivity index (χ4n) is 1.55. The van der Waals surface area contributed by atoms with Crippen LogP contribution in [0.25, 0.3) is 0 Å². The summed E-state index contributed by atoms with van der Waals surface area (Å²) in [5.74, 6) is -0.0341. The molecule has 1 rings (SSSR count). The van der Waals surface area contributed by atoms with Gasteiger partial charge in [-0.3, -0.25) is 0 Å². The monoisotopic (exact) mass is 291 g/mol. The topological polar surface area (TPSA) is 55.4 Å². The molecule has 0 radical (unpaired) electrons. The fraction of sp³-hybridized carbons (Fsp3) is 0.500. The van der Waals surface area contributed by atoms with E-state index in [0.717, 1.165) is 5.56 Å². The fourth-order valence-corrected chi connectivity index (χ4v) is 2.92. The van der Waals surface area contributed by atoms with E-state index in [2.05, 4.69) is 4.72 Å². The number of hydrogen-bond donors (Lipinski definition) is 1. The molecule has 1 N–H and O–H groups in total. The van der Waals surface area contributed by atoms with E-state index >= 15 is 0 Å². The van der Waals surface area contributed by atoms with Crippen molar-refractivity contribution in [1.29, 1.82) is 0 Å². The SMILES string of the molecule is CC[C@@H](NS(=O)(=O)CCOC)c1ccc(Cl)cc1. The lowest BCUT2D eigenvalue weighted by Crippen LogP contribution is -2.31. The van der Waals surface area contributed by atoms with Gasteiger partial charge in [-0.05, 0) is 24.1 Å². The number of rotatable bonds is 7. The van der Waals surface area contributed by atoms with Gasteiger partial charge in [0.15, 0.2) is 0 Å². The zero-order valence-corrected chi connectivity index (χ0v) is 12.1. The third kappa shape index (κ3) is 4.94. The molecule has 0 spiro atoms. The van der Waals surface area contributed by atoms with Gasteiger partial charge in [0.1, 0.15) is 0 Å². The Kier molecular flexibility index (Phi) is 6.08. The smallest absolute Gasteiger partial charge is 0.214 e. The molecule has 18 heavy (non-hydrogen) atoms. The standard InChI is InChI=1S/C12H18ClNO3S/c1-3-12(10-4-6-11(13)7-5-10)14-18(15,16)9-8-17-2/h4-7,12,14H,3,8-9H2,1-2H3/t12-/m1/s1. The normalized spacial score (nSPS) is 13.5. The molecule has 0 aliphatic rings. The van der Waals surface area contributed by atoms with E-state index in [1.165, 1.54) is 7.11 Å². The average molecular weight is 292 g/mol. The molecule has 0 bridgehead atoms. The largest absolute Gasteiger partial charge is 0.384 e. The first kappa shape index (κ1) is 15.4. The van der Waals surface area contributed by atoms with Crippen LogP contribution in [0.15, 0.2) is 24.3 Å². The molecule has 4 nitrogen and oxygen atoms in total. The Morgan fingerprint density at radius 1 is 1.33 bits per heavy atom. The minimum absolute atomic E-state index is 0.0341. The predicted octanol–water partition coefficient (Wildman–Crippen LogP) is 2.36. The van der Waals surface area contributed by atoms with Crippen LogP contribution in [-0.2, 0) is 14.8 Å². The quantitative estimate of drug-likeness (QED) is 0.839. The summed E-state index contributed by atoms with van der Waals surface area (Å²) >= 11 is 5.81. The maximum absolute atomic E-state index is 11.8. The molecule has 0 aliphatic carbocycles. The van der Waals surface area contributed by atoms with E-state index in [1.807, 2.05) is 19.1 Å². The van der Waals surface area contributed by atoms with Crippen molar-refractivity contribution in [2.45, 2.75) is 19.4 Å². The summed E-state index contributed by atoms with van der Waals surface area (Å²) in [6.07, 6.45) is 0.674. The first-order chi connectivity index (χ1) is 8.48. The van der Waals surface area contributed by atoms with Crippen LogP contribution in [0.2, 0.25) is 5.02 Å². The van der Waals surface area contributed by atoms with Gasteiger partial charge in [-0.2, -0.15) is 0 Å². The molecule has 0 amide bonds. The number of nitrogens with one attached hydrogen (secondary N) is 1. The molecular weight excluding hydrogens is 274 g/mol. The van der Waals surface area contributed by atoms with E-state index in [0.29, 0.717) is 11.4 Å². The molecule has 0 saturated heterocycles. The number of benzene rings is 1. The average Bonchev–Trinajstić information content (AvgIpc) is 2.35. The Morgan fingerprint density at radius 3 is 2.44 bits per heavy atom. The van der Waals surface area contributed by atoms with Crippen LogP contribution in [0.1, 0.15) is 24.9 Å². The van der Waals surface area contributed by atoms with Gasteiger partial charge < -0.3 is 4.74 Å². The van der Waals surface area contributed by atoms with Crippen molar-refractivity contribution < 1.29 is 13.2 Å². The van der Waals surface area contributed by atoms with Crippen molar-refractivity contribution in [2.75, 3.05) is 19.5 Å². The Hall–Kier alpha value is -0.620. The van der Waals surface area contributed by atoms with Crippen LogP contribution < -0.4 is 4.72 Å². The first-order valence-corrected chi connectivity index (χ1v) is 7.76. The van der Waals surface area contributed by atoms with Crippen molar-refractivity contribution >= 4 is 21.6 Å². The van der Waals surface area contributed by atoms with E-state index in [4.69, 9.17) is 16.3 Å². The number of methoxy groups -OCH3 is 1. The molecule has 0 aliphatic heterocycles. The van der Waals surface area contributed by atoms with Crippen LogP contribution in [0.3, 0.4) is 0 Å². The molecule has 1 aromatic rings. The van der Waals surface area contributed by atoms with Crippen LogP contribution in [0, 0.1) is 0 Å². The van der Waals surface area contributed by atoms with Gasteiger partial charge in [0.05, 0.1) is 12.4 Å². The minimum atomic E-state index is -3.32. The van der Waals surface area contributed by atoms with Crippen LogP contribution in [0.5, 0.6) is 0 Å². The lowest BCUT2D eigenvalue weighted by atomic mass is 10.1. The van der Waals surface area contributed by atoms with Crippen molar-refractivity contribution in [2.24, 2.45) is 0 Å². The summed E-state index contributed by atoms with van der Waals surface area (Å²) in [6.45, 7) is 2.12. The summed E-state index contributed by atoms with van der Waals surface area (Å²) < 4.78 is 31.0. The highest BCUT2D eigenvalue weighted by Gasteiger charge is 2.17. The van der Waals surface area contributed by atoms with Gasteiger partial charge in [0.25, 0.3) is 0 Å². The Balaban J connectivity index is 2.76. The molecule has 1 atom stereocenters. The minimum Gasteiger partial charge on any atom is -0.384 e. The van der Waals surface area contributed by atoms with E-state index < -0.39 is 10.0 Å². The summed E-state index contributed by atoms with van der Waals surface area (Å²) in [4.78, 5) is 0. The molecule has 0 unspecified atom stereocenters. The van der Waals surface area contributed by atoms with E-state index in [-0.39, 0.29) is 18.4 Å². The van der Waals surface area contributed by atoms with Crippen molar-refractivity contribution in [1.82, 2.24) is 4.72 Å². The van der Waals surface area contributed by atoms with Gasteiger partial charge in [0.2, 0.25) is 10.0 Å². The highest BCUT2D eigenvalue weighted by molar-refractivity contribution is 7.89. The highest BCUT2D eigenvalue weighted by atomic mass is 35.5. The van der Waals surface area contributed by atoms with Crippen LogP contribution in [0.4, 0.5) is 0 Å². The second-order valence-electron chi connectivity index (χ2n) is 3.94. The summed E-state index contributed by atoms with van der Waals surface area (Å²) in [5.41, 5.74) is 0.905. The van der Waals surface area contributed by atoms with Crippen LogP contribution >= 0.6 is 11.6 Å². The maximum Gasteiger partial charge on any atom is 0.214 e. The molecule has 102 valence electrons. The van der Waals surface area contributed by atoms with Gasteiger partial charge in [0, 0.05) is 18.2 Å². The second kappa shape index (κ2) is 7.09. The summed E-state index contributed by atoms with van der Waals surface area (Å²) in [5, 5.41) is 0.635. The molecule has 1 aromatic carbocycles. The first-order valence-electron chi connectivity index (χ1n) is 5.73. The van der Waals surface area contributed by atoms with Gasteiger partial charge in [-0.15, -0.1) is 0 Å². The number of hydrogen-bond acceptors (Lipinski definition) is 3. The Labute approximate surface area is 113 Å². The number of sulfonamides is 1. The molecule has 0 heterocycles. The van der Waals surface area contributed by atoms with E-state index in [1.54, 1.807) is 12.1 Å². The number of ether oxygens (including phenoxy) is 1. The van der Waals surface area contributed by atoms with Crippen LogP contribution in [-0.4, -0.2) is 27.9 Å². The number of halogens is 1. The van der Waals surface area contributed by atoms with Crippen molar-refractivity contribution in [3.05, 3.63) is 34.9 Å². The van der Waals surface area contributed by atoms with Gasteiger partial charge >= 0.3 is 0 Å². The molecule has 0 saturated carbocycles. The third-order valence-electron chi connectivity index (χ3n) is 2.56. The van der Waals surface area contributed by atoms with Gasteiger partial charge in [-0.25, -0.2) is 13.1 Å². The lowest BCUT2D eigenvalue weighted by molar-refractivity contribution is 0.216. The summed E-state index contributed by atoms with van der Waals surface area (Å²) in [6, 6.07) is 6.93. The molecule has 0 aromatic heterocycles. The second-order valence-corrected chi connectivity index (χ2v) is 6.25. The maximum atomic E-state index is 11.8. The third-order valence-corrected chi connectivity index (χ3v) is 4.16. The highest BCUT2D eigenvalue weighted by Crippen LogP contribution is 2.19. The lowest BCUT2D eigenvalue weighted by Gasteiger charge is -2.17. The summed E-state index contributed by atoms with van der Waals surface area (Å²) in [7, 11) is -1.84. The Bertz CT molecular complexity index is 459. The molecule has 0 fully saturated rings. The predicted molar refractivity (Wildman–Crippen MR) is 73.3 cm³/mol. The van der Waals surface area contributed by atoms with Crippen molar-refractivity contribution in [3.63, 3.8) is 0 Å². The molecular formula is C12H18ClNO3S. The van der Waals surface area contributed by atoms with Crippen molar-refractivity contribution in [3.8, 4) is 0 Å². The Morgan fingerprint density at radius 2 is 1.94 bits per heavy atom. The zero-order valence-electron chi connectivity index (χ0n) is 10.5. The van der Waals surface area contributed by atoms with Gasteiger partial charge in [-0.1, -0.05) is 30.7 Å². The zero-order chi connectivity index (χ0) is 13.6. The molecule has 6 heteroatoms.